The lowest BCUT2D eigenvalue weighted by Crippen LogP contribution is -2.31. The summed E-state index contributed by atoms with van der Waals surface area (Å²) in [5.41, 5.74) is -0.360. The fourth-order valence-electron chi connectivity index (χ4n) is 1.95. The number of hydrogen-bond acceptors (Lipinski definition) is 5. The smallest absolute Gasteiger partial charge is 0.307 e. The van der Waals surface area contributed by atoms with Gasteiger partial charge in [-0.15, -0.1) is 5.10 Å². The third kappa shape index (κ3) is 6.23. The van der Waals surface area contributed by atoms with Crippen LogP contribution in [0.4, 0.5) is 0 Å². The molecular formula is C14H28N4O3Si. The lowest BCUT2D eigenvalue weighted by atomic mass is 9.78. The lowest BCUT2D eigenvalue weighted by Gasteiger charge is -2.26. The Bertz CT molecular complexity index is 491. The van der Waals surface area contributed by atoms with E-state index in [1.165, 1.54) is 0 Å². The Labute approximate surface area is 133 Å². The summed E-state index contributed by atoms with van der Waals surface area (Å²) in [6.07, 6.45) is 0.295. The van der Waals surface area contributed by atoms with Crippen LogP contribution in [0.15, 0.2) is 0 Å². The molecule has 0 amide bonds. The van der Waals surface area contributed by atoms with Crippen molar-refractivity contribution < 1.29 is 14.6 Å². The number of aliphatic carboxylic acids is 1. The van der Waals surface area contributed by atoms with Crippen LogP contribution in [0.5, 0.6) is 0 Å². The predicted octanol–water partition coefficient (Wildman–Crippen LogP) is 2.27. The summed E-state index contributed by atoms with van der Waals surface area (Å²) in [5, 5.41) is 20.9. The number of carboxylic acid groups (broad SMARTS) is 1. The van der Waals surface area contributed by atoms with Crippen LogP contribution in [0.3, 0.4) is 0 Å². The highest BCUT2D eigenvalue weighted by Gasteiger charge is 2.33. The first-order valence-corrected chi connectivity index (χ1v) is 11.3. The summed E-state index contributed by atoms with van der Waals surface area (Å²) in [4.78, 5) is 11.4. The monoisotopic (exact) mass is 328 g/mol. The van der Waals surface area contributed by atoms with Gasteiger partial charge in [0.05, 0.1) is 5.92 Å². The molecule has 0 aliphatic heterocycles. The van der Waals surface area contributed by atoms with Crippen LogP contribution in [0.25, 0.3) is 0 Å². The maximum atomic E-state index is 11.4. The molecule has 0 saturated carbocycles. The number of nitrogens with zero attached hydrogens (tertiary/aromatic N) is 4. The van der Waals surface area contributed by atoms with E-state index in [9.17, 15) is 9.90 Å². The summed E-state index contributed by atoms with van der Waals surface area (Å²) in [6.45, 7) is 13.5. The third-order valence-electron chi connectivity index (χ3n) is 3.55. The normalized spacial score (nSPS) is 14.1. The summed E-state index contributed by atoms with van der Waals surface area (Å²) in [7, 11) is -1.12. The summed E-state index contributed by atoms with van der Waals surface area (Å²) in [5.74, 6) is -0.823. The second-order valence-electron chi connectivity index (χ2n) is 7.90. The van der Waals surface area contributed by atoms with Crippen LogP contribution in [0, 0.1) is 11.3 Å². The van der Waals surface area contributed by atoms with Crippen molar-refractivity contribution in [3.8, 4) is 0 Å². The second-order valence-corrected chi connectivity index (χ2v) is 13.5. The van der Waals surface area contributed by atoms with Crippen molar-refractivity contribution in [2.24, 2.45) is 11.3 Å². The van der Waals surface area contributed by atoms with E-state index in [0.717, 1.165) is 6.04 Å². The Morgan fingerprint density at radius 3 is 2.50 bits per heavy atom. The first-order valence-electron chi connectivity index (χ1n) is 7.56. The SMILES string of the molecule is CC(C)(C)C(Cc1nnnn1COCC[Si](C)(C)C)C(=O)O. The summed E-state index contributed by atoms with van der Waals surface area (Å²) in [6, 6.07) is 1.07. The summed E-state index contributed by atoms with van der Waals surface area (Å²) < 4.78 is 7.18. The second kappa shape index (κ2) is 7.32. The standard InChI is InChI=1S/C14H28N4O3Si/c1-14(2,3)11(13(19)20)9-12-15-16-17-18(12)10-21-7-8-22(4,5)6/h11H,7-10H2,1-6H3,(H,19,20). The van der Waals surface area contributed by atoms with E-state index < -0.39 is 20.0 Å². The molecule has 1 atom stereocenters. The van der Waals surface area contributed by atoms with Crippen LogP contribution < -0.4 is 0 Å². The minimum atomic E-state index is -1.12. The lowest BCUT2D eigenvalue weighted by molar-refractivity contribution is -0.145. The number of ether oxygens (including phenoxy) is 1. The number of carboxylic acids is 1. The molecule has 0 bridgehead atoms. The minimum Gasteiger partial charge on any atom is -0.481 e. The fourth-order valence-corrected chi connectivity index (χ4v) is 2.70. The van der Waals surface area contributed by atoms with Gasteiger partial charge >= 0.3 is 5.97 Å². The van der Waals surface area contributed by atoms with Crippen molar-refractivity contribution in [3.05, 3.63) is 5.82 Å². The van der Waals surface area contributed by atoms with Crippen molar-refractivity contribution in [2.45, 2.75) is 59.6 Å². The molecule has 7 nitrogen and oxygen atoms in total. The molecule has 0 aliphatic carbocycles. The molecule has 0 spiro atoms. The number of rotatable bonds is 8. The van der Waals surface area contributed by atoms with Crippen molar-refractivity contribution in [1.29, 1.82) is 0 Å². The maximum Gasteiger partial charge on any atom is 0.307 e. The molecule has 1 rings (SSSR count). The van der Waals surface area contributed by atoms with E-state index in [0.29, 0.717) is 18.9 Å². The van der Waals surface area contributed by atoms with Crippen molar-refractivity contribution >= 4 is 14.0 Å². The largest absolute Gasteiger partial charge is 0.481 e. The van der Waals surface area contributed by atoms with Gasteiger partial charge < -0.3 is 9.84 Å². The molecule has 0 aromatic carbocycles. The average molecular weight is 328 g/mol. The molecule has 1 N–H and O–H groups in total. The van der Waals surface area contributed by atoms with Gasteiger partial charge in [0.25, 0.3) is 0 Å². The van der Waals surface area contributed by atoms with Crippen LogP contribution in [0.1, 0.15) is 26.6 Å². The zero-order chi connectivity index (χ0) is 17.0. The molecule has 1 heterocycles. The number of hydrogen-bond donors (Lipinski definition) is 1. The van der Waals surface area contributed by atoms with Crippen molar-refractivity contribution in [3.63, 3.8) is 0 Å². The Balaban J connectivity index is 2.63. The van der Waals surface area contributed by atoms with E-state index in [1.54, 1.807) is 4.68 Å². The van der Waals surface area contributed by atoms with Gasteiger partial charge in [-0.2, -0.15) is 0 Å². The number of tetrazole rings is 1. The highest BCUT2D eigenvalue weighted by molar-refractivity contribution is 6.76. The van der Waals surface area contributed by atoms with Gasteiger partial charge in [-0.25, -0.2) is 4.68 Å². The molecule has 1 aromatic heterocycles. The Morgan fingerprint density at radius 2 is 2.00 bits per heavy atom. The molecule has 8 heteroatoms. The van der Waals surface area contributed by atoms with E-state index in [-0.39, 0.29) is 12.1 Å². The van der Waals surface area contributed by atoms with Crippen LogP contribution in [-0.2, 0) is 22.7 Å². The van der Waals surface area contributed by atoms with Gasteiger partial charge in [-0.3, -0.25) is 4.79 Å². The molecule has 0 fully saturated rings. The van der Waals surface area contributed by atoms with Gasteiger partial charge in [0.15, 0.2) is 5.82 Å². The minimum absolute atomic E-state index is 0.267. The molecule has 126 valence electrons. The maximum absolute atomic E-state index is 11.4. The molecular weight excluding hydrogens is 300 g/mol. The Hall–Kier alpha value is -1.28. The third-order valence-corrected chi connectivity index (χ3v) is 5.25. The van der Waals surface area contributed by atoms with Gasteiger partial charge in [-0.05, 0) is 21.9 Å². The van der Waals surface area contributed by atoms with Gasteiger partial charge in [-0.1, -0.05) is 40.4 Å². The Morgan fingerprint density at radius 1 is 1.36 bits per heavy atom. The van der Waals surface area contributed by atoms with E-state index >= 15 is 0 Å². The number of aromatic nitrogens is 4. The molecule has 22 heavy (non-hydrogen) atoms. The topological polar surface area (TPSA) is 90.1 Å². The molecule has 0 aliphatic rings. The first kappa shape index (κ1) is 18.8. The van der Waals surface area contributed by atoms with Crippen LogP contribution in [-0.4, -0.2) is 46.0 Å². The zero-order valence-electron chi connectivity index (χ0n) is 14.5. The average Bonchev–Trinajstić information content (AvgIpc) is 2.76. The van der Waals surface area contributed by atoms with E-state index in [4.69, 9.17) is 4.74 Å². The molecule has 1 unspecified atom stereocenters. The number of carbonyl (C=O) groups is 1. The van der Waals surface area contributed by atoms with Gasteiger partial charge in [0.1, 0.15) is 6.73 Å². The predicted molar refractivity (Wildman–Crippen MR) is 86.2 cm³/mol. The first-order chi connectivity index (χ1) is 10.0. The zero-order valence-corrected chi connectivity index (χ0v) is 15.5. The van der Waals surface area contributed by atoms with Crippen molar-refractivity contribution in [2.75, 3.05) is 6.61 Å². The Kier molecular flexibility index (Phi) is 6.24. The van der Waals surface area contributed by atoms with E-state index in [1.807, 2.05) is 20.8 Å². The van der Waals surface area contributed by atoms with Crippen molar-refractivity contribution in [1.82, 2.24) is 20.2 Å². The van der Waals surface area contributed by atoms with Gasteiger partial charge in [0, 0.05) is 21.1 Å². The molecule has 1 aromatic rings. The quantitative estimate of drug-likeness (QED) is 0.581. The molecule has 0 radical (unpaired) electrons. The van der Waals surface area contributed by atoms with Crippen LogP contribution >= 0.6 is 0 Å². The van der Waals surface area contributed by atoms with E-state index in [2.05, 4.69) is 35.2 Å². The van der Waals surface area contributed by atoms with Crippen LogP contribution in [0.2, 0.25) is 25.7 Å². The fraction of sp³-hybridized carbons (Fsp3) is 0.857. The highest BCUT2D eigenvalue weighted by atomic mass is 28.3. The highest BCUT2D eigenvalue weighted by Crippen LogP contribution is 2.28. The van der Waals surface area contributed by atoms with Gasteiger partial charge in [0.2, 0.25) is 0 Å². The molecule has 0 saturated heterocycles. The summed E-state index contributed by atoms with van der Waals surface area (Å²) >= 11 is 0.